The largest absolute Gasteiger partial charge is 0.488 e. The van der Waals surface area contributed by atoms with Gasteiger partial charge in [-0.05, 0) is 35.9 Å². The molecule has 1 heterocycles. The van der Waals surface area contributed by atoms with E-state index >= 15 is 0 Å². The number of nitro groups is 1. The van der Waals surface area contributed by atoms with Crippen LogP contribution < -0.4 is 4.74 Å². The molecule has 4 aromatic rings. The third-order valence-corrected chi connectivity index (χ3v) is 4.41. The van der Waals surface area contributed by atoms with Gasteiger partial charge in [0.2, 0.25) is 5.82 Å². The first-order valence-corrected chi connectivity index (χ1v) is 9.03. The van der Waals surface area contributed by atoms with Gasteiger partial charge >= 0.3 is 0 Å². The first-order valence-electron chi connectivity index (χ1n) is 8.65. The Morgan fingerprint density at radius 3 is 2.52 bits per heavy atom. The molecule has 0 amide bonds. The molecule has 0 unspecified atom stereocenters. The monoisotopic (exact) mass is 407 g/mol. The third-order valence-electron chi connectivity index (χ3n) is 4.17. The Labute approximate surface area is 170 Å². The minimum absolute atomic E-state index is 0.0103. The lowest BCUT2D eigenvalue weighted by Gasteiger charge is -2.09. The lowest BCUT2D eigenvalue weighted by atomic mass is 10.2. The van der Waals surface area contributed by atoms with Crippen LogP contribution in [0.1, 0.15) is 5.56 Å². The van der Waals surface area contributed by atoms with Crippen LogP contribution in [0.5, 0.6) is 5.75 Å². The summed E-state index contributed by atoms with van der Waals surface area (Å²) in [5.74, 6) is 1.10. The molecule has 4 rings (SSSR count). The average Bonchev–Trinajstić information content (AvgIpc) is 3.24. The fraction of sp³-hybridized carbons (Fsp3) is 0.0476. The van der Waals surface area contributed by atoms with E-state index in [9.17, 15) is 10.1 Å². The van der Waals surface area contributed by atoms with Crippen LogP contribution in [0.2, 0.25) is 5.02 Å². The van der Waals surface area contributed by atoms with Crippen LogP contribution in [-0.4, -0.2) is 15.1 Å². The summed E-state index contributed by atoms with van der Waals surface area (Å²) < 4.78 is 11.3. The van der Waals surface area contributed by atoms with Gasteiger partial charge in [-0.15, -0.1) is 0 Å². The Hall–Kier alpha value is -3.71. The van der Waals surface area contributed by atoms with Gasteiger partial charge in [0, 0.05) is 22.7 Å². The van der Waals surface area contributed by atoms with Crippen LogP contribution in [0.15, 0.2) is 77.3 Å². The van der Waals surface area contributed by atoms with E-state index in [1.165, 1.54) is 12.1 Å². The van der Waals surface area contributed by atoms with Gasteiger partial charge in [-0.1, -0.05) is 47.1 Å². The zero-order chi connectivity index (χ0) is 20.2. The Balaban J connectivity index is 1.61. The highest BCUT2D eigenvalue weighted by Crippen LogP contribution is 2.33. The summed E-state index contributed by atoms with van der Waals surface area (Å²) in [7, 11) is 0. The van der Waals surface area contributed by atoms with Crippen LogP contribution in [0.3, 0.4) is 0 Å². The minimum Gasteiger partial charge on any atom is -0.488 e. The fourth-order valence-corrected chi connectivity index (χ4v) is 2.88. The molecule has 3 aromatic carbocycles. The van der Waals surface area contributed by atoms with Crippen molar-refractivity contribution in [2.24, 2.45) is 0 Å². The maximum Gasteiger partial charge on any atom is 0.269 e. The highest BCUT2D eigenvalue weighted by Gasteiger charge is 2.17. The maximum atomic E-state index is 10.8. The maximum absolute atomic E-state index is 10.8. The van der Waals surface area contributed by atoms with Crippen molar-refractivity contribution in [1.82, 2.24) is 10.1 Å². The van der Waals surface area contributed by atoms with Crippen molar-refractivity contribution in [3.05, 3.63) is 93.5 Å². The summed E-state index contributed by atoms with van der Waals surface area (Å²) in [6.07, 6.45) is 0. The zero-order valence-corrected chi connectivity index (χ0v) is 15.7. The first kappa shape index (κ1) is 18.6. The molecule has 0 fully saturated rings. The number of nitrogens with zero attached hydrogens (tertiary/aromatic N) is 3. The van der Waals surface area contributed by atoms with Crippen molar-refractivity contribution >= 4 is 17.3 Å². The Kier molecular flexibility index (Phi) is 5.22. The van der Waals surface area contributed by atoms with Gasteiger partial charge in [0.15, 0.2) is 0 Å². The van der Waals surface area contributed by atoms with E-state index in [4.69, 9.17) is 20.9 Å². The van der Waals surface area contributed by atoms with Gasteiger partial charge < -0.3 is 9.26 Å². The molecule has 0 bridgehead atoms. The second kappa shape index (κ2) is 8.12. The zero-order valence-electron chi connectivity index (χ0n) is 15.0. The Morgan fingerprint density at radius 1 is 1.03 bits per heavy atom. The fourth-order valence-electron chi connectivity index (χ4n) is 2.71. The molecule has 0 saturated heterocycles. The molecule has 0 saturated carbocycles. The third kappa shape index (κ3) is 4.25. The SMILES string of the molecule is O=[N+]([O-])c1ccc(-c2noc(-c3cc(Cl)ccc3OCc3ccccc3)n2)cc1. The van der Waals surface area contributed by atoms with Gasteiger partial charge in [-0.25, -0.2) is 0 Å². The molecule has 0 aliphatic heterocycles. The molecule has 0 atom stereocenters. The number of nitro benzene ring substituents is 1. The summed E-state index contributed by atoms with van der Waals surface area (Å²) in [4.78, 5) is 14.7. The number of hydrogen-bond acceptors (Lipinski definition) is 6. The highest BCUT2D eigenvalue weighted by molar-refractivity contribution is 6.30. The Bertz CT molecular complexity index is 1140. The molecule has 0 spiro atoms. The van der Waals surface area contributed by atoms with Gasteiger partial charge in [0.1, 0.15) is 12.4 Å². The second-order valence-electron chi connectivity index (χ2n) is 6.14. The van der Waals surface area contributed by atoms with E-state index in [1.807, 2.05) is 30.3 Å². The molecule has 29 heavy (non-hydrogen) atoms. The number of hydrogen-bond donors (Lipinski definition) is 0. The van der Waals surface area contributed by atoms with E-state index in [2.05, 4.69) is 10.1 Å². The van der Waals surface area contributed by atoms with Crippen molar-refractivity contribution in [3.63, 3.8) is 0 Å². The predicted molar refractivity (Wildman–Crippen MR) is 108 cm³/mol. The average molecular weight is 408 g/mol. The number of aromatic nitrogens is 2. The van der Waals surface area contributed by atoms with Gasteiger partial charge in [-0.3, -0.25) is 10.1 Å². The summed E-state index contributed by atoms with van der Waals surface area (Å²) >= 11 is 6.15. The molecular weight excluding hydrogens is 394 g/mol. The molecule has 1 aromatic heterocycles. The quantitative estimate of drug-likeness (QED) is 0.307. The number of rotatable bonds is 6. The minimum atomic E-state index is -0.465. The summed E-state index contributed by atoms with van der Waals surface area (Å²) in [5, 5.41) is 15.3. The van der Waals surface area contributed by atoms with E-state index in [0.717, 1.165) is 5.56 Å². The van der Waals surface area contributed by atoms with Crippen LogP contribution >= 0.6 is 11.6 Å². The standard InChI is InChI=1S/C21H14ClN3O4/c22-16-8-11-19(28-13-14-4-2-1-3-5-14)18(12-16)21-23-20(24-29-21)15-6-9-17(10-7-15)25(26)27/h1-12H,13H2. The number of halogens is 1. The molecule has 7 nitrogen and oxygen atoms in total. The van der Waals surface area contributed by atoms with Crippen molar-refractivity contribution in [2.45, 2.75) is 6.61 Å². The van der Waals surface area contributed by atoms with E-state index < -0.39 is 4.92 Å². The van der Waals surface area contributed by atoms with E-state index in [0.29, 0.717) is 34.3 Å². The molecule has 144 valence electrons. The molecular formula is C21H14ClN3O4. The second-order valence-corrected chi connectivity index (χ2v) is 6.58. The van der Waals surface area contributed by atoms with Crippen LogP contribution in [0, 0.1) is 10.1 Å². The van der Waals surface area contributed by atoms with E-state index in [-0.39, 0.29) is 11.6 Å². The van der Waals surface area contributed by atoms with Crippen LogP contribution in [0.4, 0.5) is 5.69 Å². The number of ether oxygens (including phenoxy) is 1. The topological polar surface area (TPSA) is 91.3 Å². The smallest absolute Gasteiger partial charge is 0.269 e. The van der Waals surface area contributed by atoms with Crippen LogP contribution in [0.25, 0.3) is 22.8 Å². The summed E-state index contributed by atoms with van der Waals surface area (Å²) in [5.41, 5.74) is 2.17. The predicted octanol–water partition coefficient (Wildman–Crippen LogP) is 5.54. The van der Waals surface area contributed by atoms with Gasteiger partial charge in [-0.2, -0.15) is 4.98 Å². The normalized spacial score (nSPS) is 10.7. The van der Waals surface area contributed by atoms with Crippen molar-refractivity contribution in [3.8, 4) is 28.6 Å². The Morgan fingerprint density at radius 2 is 1.79 bits per heavy atom. The van der Waals surface area contributed by atoms with Gasteiger partial charge in [0.05, 0.1) is 10.5 Å². The molecule has 0 N–H and O–H groups in total. The van der Waals surface area contributed by atoms with E-state index in [1.54, 1.807) is 30.3 Å². The molecule has 0 radical (unpaired) electrons. The number of benzene rings is 3. The lowest BCUT2D eigenvalue weighted by Crippen LogP contribution is -1.97. The van der Waals surface area contributed by atoms with Gasteiger partial charge in [0.25, 0.3) is 11.6 Å². The first-order chi connectivity index (χ1) is 14.1. The number of non-ortho nitro benzene ring substituents is 1. The molecule has 0 aliphatic carbocycles. The summed E-state index contributed by atoms with van der Waals surface area (Å²) in [6, 6.07) is 20.8. The molecule has 8 heteroatoms. The van der Waals surface area contributed by atoms with Crippen LogP contribution in [-0.2, 0) is 6.61 Å². The van der Waals surface area contributed by atoms with Crippen molar-refractivity contribution in [1.29, 1.82) is 0 Å². The lowest BCUT2D eigenvalue weighted by molar-refractivity contribution is -0.384. The summed E-state index contributed by atoms with van der Waals surface area (Å²) in [6.45, 7) is 0.374. The highest BCUT2D eigenvalue weighted by atomic mass is 35.5. The molecule has 0 aliphatic rings. The van der Waals surface area contributed by atoms with Crippen molar-refractivity contribution in [2.75, 3.05) is 0 Å². The van der Waals surface area contributed by atoms with Crippen molar-refractivity contribution < 1.29 is 14.2 Å².